The number of carbonyl (C=O) groups excluding carboxylic acids is 3. The van der Waals surface area contributed by atoms with Crippen molar-refractivity contribution in [2.45, 2.75) is 25.7 Å². The van der Waals surface area contributed by atoms with Crippen molar-refractivity contribution < 1.29 is 14.4 Å². The maximum atomic E-state index is 12.0. The standard InChI is InChI=1S/C18H19N7O3S2/c26-11-20-17-24-22-14(29-17)8-4-5-9-15-23-25-18(30-15)21-13(27)10-19-16(28)12-6-2-1-3-7-12/h1-3,6-7,11H,4-5,8-10H2,(H,19,28)(H,20,24,26)(H,21,25,27). The van der Waals surface area contributed by atoms with Gasteiger partial charge >= 0.3 is 0 Å². The zero-order valence-electron chi connectivity index (χ0n) is 15.8. The molecule has 0 fully saturated rings. The van der Waals surface area contributed by atoms with Gasteiger partial charge in [0.1, 0.15) is 10.0 Å². The van der Waals surface area contributed by atoms with Crippen molar-refractivity contribution in [3.05, 3.63) is 45.9 Å². The summed E-state index contributed by atoms with van der Waals surface area (Å²) in [5.74, 6) is -0.675. The number of nitrogens with one attached hydrogen (secondary N) is 3. The molecule has 0 bridgehead atoms. The summed E-state index contributed by atoms with van der Waals surface area (Å²) in [6.45, 7) is -0.147. The van der Waals surface area contributed by atoms with Crippen molar-refractivity contribution in [1.82, 2.24) is 25.7 Å². The Morgan fingerprint density at radius 2 is 1.53 bits per heavy atom. The van der Waals surface area contributed by atoms with Crippen LogP contribution in [0, 0.1) is 0 Å². The number of rotatable bonds is 11. The number of nitrogens with zero attached hydrogens (tertiary/aromatic N) is 4. The van der Waals surface area contributed by atoms with Crippen LogP contribution in [0.2, 0.25) is 0 Å². The van der Waals surface area contributed by atoms with Crippen molar-refractivity contribution >= 4 is 51.2 Å². The molecule has 2 aromatic heterocycles. The predicted molar refractivity (Wildman–Crippen MR) is 114 cm³/mol. The van der Waals surface area contributed by atoms with Crippen LogP contribution < -0.4 is 16.0 Å². The first kappa shape index (κ1) is 21.5. The summed E-state index contributed by atoms with van der Waals surface area (Å²) in [4.78, 5) is 34.3. The molecule has 0 saturated heterocycles. The Morgan fingerprint density at radius 3 is 2.20 bits per heavy atom. The van der Waals surface area contributed by atoms with Gasteiger partial charge in [-0.15, -0.1) is 20.4 Å². The van der Waals surface area contributed by atoms with Crippen molar-refractivity contribution in [1.29, 1.82) is 0 Å². The van der Waals surface area contributed by atoms with E-state index in [1.54, 1.807) is 24.3 Å². The second-order valence-electron chi connectivity index (χ2n) is 6.07. The molecule has 3 rings (SSSR count). The number of benzene rings is 1. The number of unbranched alkanes of at least 4 members (excludes halogenated alkanes) is 1. The Labute approximate surface area is 180 Å². The third kappa shape index (κ3) is 6.67. The molecule has 0 aliphatic rings. The quantitative estimate of drug-likeness (QED) is 0.302. The minimum atomic E-state index is -0.363. The lowest BCUT2D eigenvalue weighted by molar-refractivity contribution is -0.115. The third-order valence-corrected chi connectivity index (χ3v) is 5.65. The van der Waals surface area contributed by atoms with Crippen LogP contribution in [0.5, 0.6) is 0 Å². The minimum Gasteiger partial charge on any atom is -0.343 e. The lowest BCUT2D eigenvalue weighted by Gasteiger charge is -2.04. The molecule has 0 saturated carbocycles. The number of hydrogen-bond acceptors (Lipinski definition) is 9. The maximum Gasteiger partial charge on any atom is 0.251 e. The topological polar surface area (TPSA) is 139 Å². The van der Waals surface area contributed by atoms with Crippen molar-refractivity contribution in [2.24, 2.45) is 0 Å². The summed E-state index contributed by atoms with van der Waals surface area (Å²) < 4.78 is 0. The molecule has 0 unspecified atom stereocenters. The summed E-state index contributed by atoms with van der Waals surface area (Å²) in [6, 6.07) is 8.68. The van der Waals surface area contributed by atoms with Crippen LogP contribution in [0.3, 0.4) is 0 Å². The predicted octanol–water partition coefficient (Wildman–Crippen LogP) is 1.89. The molecule has 0 spiro atoms. The minimum absolute atomic E-state index is 0.147. The van der Waals surface area contributed by atoms with E-state index in [2.05, 4.69) is 36.3 Å². The van der Waals surface area contributed by atoms with Gasteiger partial charge in [0.05, 0.1) is 6.54 Å². The van der Waals surface area contributed by atoms with Crippen LogP contribution in [-0.4, -0.2) is 45.2 Å². The number of carbonyl (C=O) groups is 3. The number of anilines is 2. The normalized spacial score (nSPS) is 10.4. The zero-order valence-corrected chi connectivity index (χ0v) is 17.5. The fourth-order valence-corrected chi connectivity index (χ4v) is 3.97. The van der Waals surface area contributed by atoms with Crippen molar-refractivity contribution in [2.75, 3.05) is 17.2 Å². The molecular formula is C18H19N7O3S2. The highest BCUT2D eigenvalue weighted by molar-refractivity contribution is 7.15. The van der Waals surface area contributed by atoms with Gasteiger partial charge in [-0.2, -0.15) is 0 Å². The molecule has 10 nitrogen and oxygen atoms in total. The van der Waals surface area contributed by atoms with Gasteiger partial charge in [0, 0.05) is 18.4 Å². The second-order valence-corrected chi connectivity index (χ2v) is 8.19. The first-order valence-electron chi connectivity index (χ1n) is 9.12. The monoisotopic (exact) mass is 445 g/mol. The molecule has 3 amide bonds. The lowest BCUT2D eigenvalue weighted by atomic mass is 10.2. The molecule has 156 valence electrons. The smallest absolute Gasteiger partial charge is 0.251 e. The van der Waals surface area contributed by atoms with Gasteiger partial charge in [-0.05, 0) is 25.0 Å². The second kappa shape index (κ2) is 11.1. The van der Waals surface area contributed by atoms with Gasteiger partial charge in [0.2, 0.25) is 22.6 Å². The van der Waals surface area contributed by atoms with E-state index < -0.39 is 0 Å². The van der Waals surface area contributed by atoms with E-state index >= 15 is 0 Å². The van der Waals surface area contributed by atoms with Gasteiger partial charge in [-0.25, -0.2) is 0 Å². The fourth-order valence-electron chi connectivity index (χ4n) is 2.44. The molecule has 30 heavy (non-hydrogen) atoms. The Morgan fingerprint density at radius 1 is 0.900 bits per heavy atom. The molecule has 0 atom stereocenters. The SMILES string of the molecule is O=CNc1nnc(CCCCc2nnc(NC(=O)CNC(=O)c3ccccc3)s2)s1. The first-order valence-corrected chi connectivity index (χ1v) is 10.8. The van der Waals surface area contributed by atoms with E-state index in [0.29, 0.717) is 22.2 Å². The summed E-state index contributed by atoms with van der Waals surface area (Å²) >= 11 is 2.66. The Bertz CT molecular complexity index is 991. The number of amides is 3. The largest absolute Gasteiger partial charge is 0.343 e. The van der Waals surface area contributed by atoms with Gasteiger partial charge in [0.25, 0.3) is 5.91 Å². The van der Waals surface area contributed by atoms with E-state index in [4.69, 9.17) is 0 Å². The van der Waals surface area contributed by atoms with E-state index in [-0.39, 0.29) is 18.4 Å². The van der Waals surface area contributed by atoms with Crippen LogP contribution in [0.15, 0.2) is 30.3 Å². The van der Waals surface area contributed by atoms with E-state index in [1.807, 2.05) is 6.07 Å². The molecule has 12 heteroatoms. The van der Waals surface area contributed by atoms with Crippen LogP contribution in [0.4, 0.5) is 10.3 Å². The molecular weight excluding hydrogens is 426 g/mol. The Hall–Kier alpha value is -3.25. The van der Waals surface area contributed by atoms with Crippen LogP contribution in [0.1, 0.15) is 33.2 Å². The molecule has 2 heterocycles. The average Bonchev–Trinajstić information content (AvgIpc) is 3.40. The van der Waals surface area contributed by atoms with Gasteiger partial charge in [-0.3, -0.25) is 19.7 Å². The zero-order chi connectivity index (χ0) is 21.2. The van der Waals surface area contributed by atoms with Crippen molar-refractivity contribution in [3.63, 3.8) is 0 Å². The van der Waals surface area contributed by atoms with Crippen molar-refractivity contribution in [3.8, 4) is 0 Å². The molecule has 0 radical (unpaired) electrons. The third-order valence-electron chi connectivity index (χ3n) is 3.84. The summed E-state index contributed by atoms with van der Waals surface area (Å²) in [7, 11) is 0. The molecule has 1 aromatic carbocycles. The fraction of sp³-hybridized carbons (Fsp3) is 0.278. The summed E-state index contributed by atoms with van der Waals surface area (Å²) in [6.07, 6.45) is 3.85. The highest BCUT2D eigenvalue weighted by atomic mass is 32.1. The lowest BCUT2D eigenvalue weighted by Crippen LogP contribution is -2.32. The molecule has 0 aliphatic heterocycles. The highest BCUT2D eigenvalue weighted by Gasteiger charge is 2.11. The molecule has 0 aliphatic carbocycles. The molecule has 3 aromatic rings. The van der Waals surface area contributed by atoms with Gasteiger partial charge in [0.15, 0.2) is 0 Å². The highest BCUT2D eigenvalue weighted by Crippen LogP contribution is 2.19. The summed E-state index contributed by atoms with van der Waals surface area (Å²) in [5, 5.41) is 26.2. The average molecular weight is 446 g/mol. The van der Waals surface area contributed by atoms with Gasteiger partial charge < -0.3 is 10.6 Å². The van der Waals surface area contributed by atoms with E-state index in [9.17, 15) is 14.4 Å². The maximum absolute atomic E-state index is 12.0. The van der Waals surface area contributed by atoms with Crippen LogP contribution in [0.25, 0.3) is 0 Å². The van der Waals surface area contributed by atoms with E-state index in [1.165, 1.54) is 22.7 Å². The number of hydrogen-bond donors (Lipinski definition) is 3. The molecule has 3 N–H and O–H groups in total. The number of aromatic nitrogens is 4. The summed E-state index contributed by atoms with van der Waals surface area (Å²) in [5.41, 5.74) is 0.494. The number of aryl methyl sites for hydroxylation is 2. The van der Waals surface area contributed by atoms with Crippen LogP contribution in [-0.2, 0) is 22.4 Å². The Kier molecular flexibility index (Phi) is 7.92. The Balaban J connectivity index is 1.35. The van der Waals surface area contributed by atoms with E-state index in [0.717, 1.165) is 35.7 Å². The van der Waals surface area contributed by atoms with Gasteiger partial charge in [-0.1, -0.05) is 40.9 Å². The van der Waals surface area contributed by atoms with Crippen LogP contribution >= 0.6 is 22.7 Å². The first-order chi connectivity index (χ1) is 14.6.